The second kappa shape index (κ2) is 13.7. The van der Waals surface area contributed by atoms with Gasteiger partial charge in [-0.05, 0) is 17.7 Å². The van der Waals surface area contributed by atoms with Gasteiger partial charge in [0, 0.05) is 60.4 Å². The van der Waals surface area contributed by atoms with Gasteiger partial charge in [-0.1, -0.05) is 12.1 Å². The fourth-order valence-corrected chi connectivity index (χ4v) is 2.77. The van der Waals surface area contributed by atoms with Crippen molar-refractivity contribution in [3.63, 3.8) is 0 Å². The summed E-state index contributed by atoms with van der Waals surface area (Å²) in [6.07, 6.45) is 0. The fraction of sp³-hybridized carbons (Fsp3) is 0.450. The molecule has 0 N–H and O–H groups in total. The first kappa shape index (κ1) is 27.5. The Morgan fingerprint density at radius 1 is 0.759 bits per heavy atom. The van der Waals surface area contributed by atoms with Crippen LogP contribution < -0.4 is 0 Å². The molecule has 0 saturated heterocycles. The minimum atomic E-state index is -0.333. The first-order valence-electron chi connectivity index (χ1n) is 8.94. The molecule has 8 nitrogen and oxygen atoms in total. The Morgan fingerprint density at radius 3 is 1.45 bits per heavy atom. The molecule has 1 aromatic carbocycles. The van der Waals surface area contributed by atoms with Crippen molar-refractivity contribution in [2.75, 3.05) is 26.2 Å². The molecule has 29 heavy (non-hydrogen) atoms. The van der Waals surface area contributed by atoms with Gasteiger partial charge in [-0.15, -0.1) is 0 Å². The number of imide groups is 2. The van der Waals surface area contributed by atoms with Gasteiger partial charge < -0.3 is 0 Å². The van der Waals surface area contributed by atoms with Crippen molar-refractivity contribution in [3.05, 3.63) is 35.4 Å². The van der Waals surface area contributed by atoms with Gasteiger partial charge in [0.1, 0.15) is 0 Å². The van der Waals surface area contributed by atoms with Crippen molar-refractivity contribution in [2.45, 2.75) is 34.2 Å². The van der Waals surface area contributed by atoms with E-state index in [1.165, 1.54) is 27.7 Å². The molecular formula is C20H26EuN4O4+3. The summed E-state index contributed by atoms with van der Waals surface area (Å²) in [4.78, 5) is 50.8. The van der Waals surface area contributed by atoms with Gasteiger partial charge in [-0.3, -0.25) is 33.9 Å². The normalized spacial score (nSPS) is 9.93. The van der Waals surface area contributed by atoms with Crippen LogP contribution in [-0.4, -0.2) is 64.5 Å². The van der Waals surface area contributed by atoms with Crippen molar-refractivity contribution in [1.82, 2.24) is 14.7 Å². The summed E-state index contributed by atoms with van der Waals surface area (Å²) in [5.41, 5.74) is 1.49. The third-order valence-electron chi connectivity index (χ3n) is 4.29. The molecule has 4 amide bonds. The number of amides is 4. The molecule has 0 saturated carbocycles. The van der Waals surface area contributed by atoms with Crippen molar-refractivity contribution in [3.8, 4) is 6.07 Å². The third kappa shape index (κ3) is 9.72. The average Bonchev–Trinajstić information content (AvgIpc) is 2.61. The Labute approximate surface area is 212 Å². The summed E-state index contributed by atoms with van der Waals surface area (Å²) in [6.45, 7) is 7.02. The smallest absolute Gasteiger partial charge is 0.296 e. The molecule has 0 bridgehead atoms. The van der Waals surface area contributed by atoms with Crippen LogP contribution in [0.25, 0.3) is 0 Å². The molecule has 0 aliphatic rings. The number of hydrogen-bond donors (Lipinski definition) is 0. The van der Waals surface area contributed by atoms with E-state index in [0.717, 1.165) is 15.4 Å². The van der Waals surface area contributed by atoms with Gasteiger partial charge in [0.2, 0.25) is 23.6 Å². The van der Waals surface area contributed by atoms with Crippen LogP contribution in [0.5, 0.6) is 0 Å². The number of carbonyl (C=O) groups excluding carboxylic acids is 4. The number of benzene rings is 1. The zero-order valence-corrected chi connectivity index (χ0v) is 19.6. The first-order chi connectivity index (χ1) is 13.1. The van der Waals surface area contributed by atoms with E-state index >= 15 is 0 Å². The van der Waals surface area contributed by atoms with Crippen molar-refractivity contribution >= 4 is 23.6 Å². The van der Waals surface area contributed by atoms with E-state index in [9.17, 15) is 19.2 Å². The van der Waals surface area contributed by atoms with Crippen molar-refractivity contribution in [2.24, 2.45) is 0 Å². The van der Waals surface area contributed by atoms with Gasteiger partial charge in [-0.2, -0.15) is 5.26 Å². The first-order valence-corrected chi connectivity index (χ1v) is 8.94. The molecule has 0 aliphatic heterocycles. The van der Waals surface area contributed by atoms with Gasteiger partial charge in [0.25, 0.3) is 0 Å². The molecule has 0 atom stereocenters. The molecule has 0 spiro atoms. The maximum atomic E-state index is 11.6. The van der Waals surface area contributed by atoms with E-state index in [1.54, 1.807) is 12.1 Å². The summed E-state index contributed by atoms with van der Waals surface area (Å²) in [6, 6.07) is 9.13. The van der Waals surface area contributed by atoms with Crippen molar-refractivity contribution in [1.29, 1.82) is 5.26 Å². The molecule has 154 valence electrons. The second-order valence-corrected chi connectivity index (χ2v) is 6.46. The molecule has 0 unspecified atom stereocenters. The molecule has 0 heterocycles. The molecule has 0 aromatic heterocycles. The summed E-state index contributed by atoms with van der Waals surface area (Å²) in [5, 5.41) is 8.91. The van der Waals surface area contributed by atoms with Gasteiger partial charge >= 0.3 is 49.4 Å². The summed E-state index contributed by atoms with van der Waals surface area (Å²) in [7, 11) is 0. The number of rotatable bonds is 8. The number of carbonyl (C=O) groups is 4. The molecule has 1 rings (SSSR count). The van der Waals surface area contributed by atoms with Gasteiger partial charge in [0.15, 0.2) is 0 Å². The second-order valence-electron chi connectivity index (χ2n) is 6.46. The van der Waals surface area contributed by atoms with Crippen LogP contribution in [0, 0.1) is 60.7 Å². The molecule has 9 heteroatoms. The van der Waals surface area contributed by atoms with E-state index in [4.69, 9.17) is 5.26 Å². The molecule has 1 aromatic rings. The van der Waals surface area contributed by atoms with E-state index in [2.05, 4.69) is 6.07 Å². The summed E-state index contributed by atoms with van der Waals surface area (Å²) in [5.74, 6) is -1.33. The Bertz CT molecular complexity index is 710. The quantitative estimate of drug-likeness (QED) is 0.493. The van der Waals surface area contributed by atoms with Crippen LogP contribution in [0.15, 0.2) is 24.3 Å². The Hall–Kier alpha value is -1.47. The van der Waals surface area contributed by atoms with Crippen molar-refractivity contribution < 1.29 is 68.6 Å². The Balaban J connectivity index is 0.00000784. The van der Waals surface area contributed by atoms with E-state index in [-0.39, 0.29) is 86.1 Å². The molecular weight excluding hydrogens is 512 g/mol. The van der Waals surface area contributed by atoms with E-state index < -0.39 is 0 Å². The topological polar surface area (TPSA) is 102 Å². The maximum absolute atomic E-state index is 11.6. The Morgan fingerprint density at radius 2 is 1.14 bits per heavy atom. The van der Waals surface area contributed by atoms with Gasteiger partial charge in [-0.25, -0.2) is 0 Å². The standard InChI is InChI=1S/C20H26N4O4.Eu/c1-15(25)23(16(2)26)11-9-22(10-12-24(17(3)27)18(4)28)14-20-7-5-19(13-21)6-8-20;/h5-8H,9-12,14H2,1-4H3;/q;+3. The zero-order valence-electron chi connectivity index (χ0n) is 17.1. The van der Waals surface area contributed by atoms with Crippen LogP contribution in [0.2, 0.25) is 0 Å². The van der Waals surface area contributed by atoms with E-state index in [0.29, 0.717) is 25.2 Å². The fourth-order valence-electron chi connectivity index (χ4n) is 2.77. The van der Waals surface area contributed by atoms with Crippen LogP contribution in [0.1, 0.15) is 38.8 Å². The molecule has 0 radical (unpaired) electrons. The monoisotopic (exact) mass is 539 g/mol. The molecule has 0 fully saturated rings. The number of hydrogen-bond acceptors (Lipinski definition) is 6. The molecule has 0 aliphatic carbocycles. The minimum absolute atomic E-state index is 0. The third-order valence-corrected chi connectivity index (χ3v) is 4.29. The average molecular weight is 538 g/mol. The Kier molecular flexibility index (Phi) is 13.0. The van der Waals surface area contributed by atoms with Gasteiger partial charge in [0.05, 0.1) is 11.6 Å². The van der Waals surface area contributed by atoms with Crippen LogP contribution in [0.4, 0.5) is 0 Å². The predicted octanol–water partition coefficient (Wildman–Crippen LogP) is 1.15. The zero-order chi connectivity index (χ0) is 21.3. The summed E-state index contributed by atoms with van der Waals surface area (Å²) < 4.78 is 0. The minimum Gasteiger partial charge on any atom is -0.296 e. The summed E-state index contributed by atoms with van der Waals surface area (Å²) >= 11 is 0. The van der Waals surface area contributed by atoms with E-state index in [1.807, 2.05) is 17.0 Å². The van der Waals surface area contributed by atoms with Crippen LogP contribution >= 0.6 is 0 Å². The van der Waals surface area contributed by atoms with Crippen LogP contribution in [-0.2, 0) is 25.7 Å². The van der Waals surface area contributed by atoms with Crippen LogP contribution in [0.3, 0.4) is 0 Å². The number of nitrogens with zero attached hydrogens (tertiary/aromatic N) is 4. The number of nitriles is 1. The SMILES string of the molecule is CC(=O)N(CCN(CCN(C(C)=O)C(C)=O)Cc1ccc(C#N)cc1)C(C)=O.[Eu+3]. The predicted molar refractivity (Wildman–Crippen MR) is 103 cm³/mol. The largest absolute Gasteiger partial charge is 3.00 e. The maximum Gasteiger partial charge on any atom is 3.00 e.